The van der Waals surface area contributed by atoms with E-state index in [0.717, 1.165) is 51.0 Å². The summed E-state index contributed by atoms with van der Waals surface area (Å²) in [5.74, 6) is 1.70. The second kappa shape index (κ2) is 8.90. The molecule has 1 aliphatic rings. The van der Waals surface area contributed by atoms with E-state index in [9.17, 15) is 0 Å². The number of H-pyrrole nitrogens is 1. The van der Waals surface area contributed by atoms with Crippen molar-refractivity contribution in [3.63, 3.8) is 0 Å². The molecule has 0 saturated heterocycles. The van der Waals surface area contributed by atoms with Crippen LogP contribution in [0, 0.1) is 12.8 Å². The van der Waals surface area contributed by atoms with Crippen LogP contribution in [0.25, 0.3) is 10.9 Å². The summed E-state index contributed by atoms with van der Waals surface area (Å²) in [7, 11) is 1.81. The second-order valence-corrected chi connectivity index (χ2v) is 6.91. The number of aromatic amines is 1. The number of guanidine groups is 1. The molecule has 3 rings (SSSR count). The lowest BCUT2D eigenvalue weighted by Crippen LogP contribution is -2.39. The van der Waals surface area contributed by atoms with Gasteiger partial charge < -0.3 is 20.4 Å². The number of nitrogens with zero attached hydrogens (tertiary/aromatic N) is 1. The van der Waals surface area contributed by atoms with E-state index < -0.39 is 0 Å². The quantitative estimate of drug-likeness (QED) is 0.373. The molecule has 5 nitrogen and oxygen atoms in total. The van der Waals surface area contributed by atoms with Crippen molar-refractivity contribution in [3.05, 3.63) is 35.5 Å². The van der Waals surface area contributed by atoms with Gasteiger partial charge in [-0.1, -0.05) is 12.1 Å². The van der Waals surface area contributed by atoms with Crippen LogP contribution in [-0.4, -0.2) is 44.3 Å². The minimum Gasteiger partial charge on any atom is -0.381 e. The molecule has 0 bridgehead atoms. The van der Waals surface area contributed by atoms with Gasteiger partial charge in [-0.3, -0.25) is 4.99 Å². The van der Waals surface area contributed by atoms with E-state index in [1.165, 1.54) is 34.9 Å². The van der Waals surface area contributed by atoms with Gasteiger partial charge in [-0.05, 0) is 55.7 Å². The molecule has 1 fully saturated rings. The van der Waals surface area contributed by atoms with Crippen LogP contribution in [0.15, 0.2) is 29.4 Å². The van der Waals surface area contributed by atoms with Gasteiger partial charge in [0.15, 0.2) is 5.96 Å². The number of rotatable bonds is 9. The molecule has 0 atom stereocenters. The maximum absolute atomic E-state index is 5.65. The zero-order chi connectivity index (χ0) is 17.5. The minimum atomic E-state index is 0.829. The number of hydrogen-bond donors (Lipinski definition) is 3. The van der Waals surface area contributed by atoms with Gasteiger partial charge in [-0.2, -0.15) is 0 Å². The van der Waals surface area contributed by atoms with Crippen molar-refractivity contribution in [2.24, 2.45) is 10.9 Å². The fourth-order valence-corrected chi connectivity index (χ4v) is 2.96. The van der Waals surface area contributed by atoms with Crippen molar-refractivity contribution in [1.82, 2.24) is 15.6 Å². The molecule has 0 amide bonds. The minimum absolute atomic E-state index is 0.829. The van der Waals surface area contributed by atoms with Crippen LogP contribution in [0.3, 0.4) is 0 Å². The molecule has 1 saturated carbocycles. The molecular formula is C20H30N4O. The topological polar surface area (TPSA) is 61.4 Å². The molecule has 0 unspecified atom stereocenters. The molecule has 1 aromatic carbocycles. The van der Waals surface area contributed by atoms with Gasteiger partial charge in [0.05, 0.1) is 0 Å². The molecule has 2 aromatic rings. The van der Waals surface area contributed by atoms with E-state index in [1.54, 1.807) is 0 Å². The summed E-state index contributed by atoms with van der Waals surface area (Å²) in [5, 5.41) is 8.04. The summed E-state index contributed by atoms with van der Waals surface area (Å²) in [6.07, 6.45) is 6.79. The summed E-state index contributed by atoms with van der Waals surface area (Å²) in [5.41, 5.74) is 3.83. The Balaban J connectivity index is 1.34. The predicted octanol–water partition coefficient (Wildman–Crippen LogP) is 3.00. The van der Waals surface area contributed by atoms with Crippen LogP contribution in [0.1, 0.15) is 30.4 Å². The summed E-state index contributed by atoms with van der Waals surface area (Å²) in [6.45, 7) is 5.63. The largest absolute Gasteiger partial charge is 0.381 e. The molecule has 5 heteroatoms. The third-order valence-corrected chi connectivity index (χ3v) is 4.64. The third kappa shape index (κ3) is 5.49. The number of ether oxygens (including phenoxy) is 1. The lowest BCUT2D eigenvalue weighted by molar-refractivity contribution is 0.123. The fraction of sp³-hybridized carbons (Fsp3) is 0.550. The van der Waals surface area contributed by atoms with Crippen LogP contribution in [0.5, 0.6) is 0 Å². The number of aliphatic imine (C=N–C) groups is 1. The normalized spacial score (nSPS) is 14.9. The van der Waals surface area contributed by atoms with E-state index in [4.69, 9.17) is 4.74 Å². The van der Waals surface area contributed by atoms with Gasteiger partial charge >= 0.3 is 0 Å². The van der Waals surface area contributed by atoms with Crippen molar-refractivity contribution in [3.8, 4) is 0 Å². The van der Waals surface area contributed by atoms with Crippen LogP contribution in [0.4, 0.5) is 0 Å². The SMILES string of the molecule is CN=C(NCCCOCC1CC1)NCCc1c[nH]c2cc(C)ccc12. The van der Waals surface area contributed by atoms with Crippen molar-refractivity contribution >= 4 is 16.9 Å². The highest BCUT2D eigenvalue weighted by molar-refractivity contribution is 5.84. The van der Waals surface area contributed by atoms with Gasteiger partial charge in [-0.15, -0.1) is 0 Å². The second-order valence-electron chi connectivity index (χ2n) is 6.91. The Morgan fingerprint density at radius 1 is 1.28 bits per heavy atom. The highest BCUT2D eigenvalue weighted by atomic mass is 16.5. The average molecular weight is 342 g/mol. The summed E-state index contributed by atoms with van der Waals surface area (Å²) in [6, 6.07) is 6.56. The van der Waals surface area contributed by atoms with Gasteiger partial charge in [-0.25, -0.2) is 0 Å². The first-order chi connectivity index (χ1) is 12.3. The lowest BCUT2D eigenvalue weighted by Gasteiger charge is -2.11. The first-order valence-electron chi connectivity index (χ1n) is 9.35. The van der Waals surface area contributed by atoms with Crippen molar-refractivity contribution in [1.29, 1.82) is 0 Å². The maximum Gasteiger partial charge on any atom is 0.190 e. The Hall–Kier alpha value is -2.01. The van der Waals surface area contributed by atoms with E-state index in [-0.39, 0.29) is 0 Å². The molecule has 1 aliphatic carbocycles. The number of fused-ring (bicyclic) bond motifs is 1. The third-order valence-electron chi connectivity index (χ3n) is 4.64. The van der Waals surface area contributed by atoms with Gasteiger partial charge in [0.2, 0.25) is 0 Å². The molecule has 0 spiro atoms. The van der Waals surface area contributed by atoms with Crippen LogP contribution in [-0.2, 0) is 11.2 Å². The monoisotopic (exact) mass is 342 g/mol. The molecular weight excluding hydrogens is 312 g/mol. The number of hydrogen-bond acceptors (Lipinski definition) is 2. The highest BCUT2D eigenvalue weighted by Gasteiger charge is 2.20. The molecule has 0 radical (unpaired) electrons. The number of aryl methyl sites for hydroxylation is 1. The molecule has 0 aliphatic heterocycles. The Morgan fingerprint density at radius 2 is 2.12 bits per heavy atom. The van der Waals surface area contributed by atoms with Crippen molar-refractivity contribution in [2.75, 3.05) is 33.4 Å². The fourth-order valence-electron chi connectivity index (χ4n) is 2.96. The van der Waals surface area contributed by atoms with E-state index in [0.29, 0.717) is 0 Å². The van der Waals surface area contributed by atoms with Gasteiger partial charge in [0.1, 0.15) is 0 Å². The van der Waals surface area contributed by atoms with Crippen molar-refractivity contribution in [2.45, 2.75) is 32.6 Å². The average Bonchev–Trinajstić information content (AvgIpc) is 3.36. The van der Waals surface area contributed by atoms with E-state index in [2.05, 4.69) is 51.9 Å². The number of aromatic nitrogens is 1. The van der Waals surface area contributed by atoms with E-state index >= 15 is 0 Å². The Kier molecular flexibility index (Phi) is 6.34. The van der Waals surface area contributed by atoms with E-state index in [1.807, 2.05) is 7.05 Å². The van der Waals surface area contributed by atoms with Crippen LogP contribution in [0.2, 0.25) is 0 Å². The summed E-state index contributed by atoms with van der Waals surface area (Å²) >= 11 is 0. The van der Waals surface area contributed by atoms with Gasteiger partial charge in [0, 0.05) is 50.5 Å². The molecule has 25 heavy (non-hydrogen) atoms. The number of nitrogens with one attached hydrogen (secondary N) is 3. The molecule has 3 N–H and O–H groups in total. The van der Waals surface area contributed by atoms with Gasteiger partial charge in [0.25, 0.3) is 0 Å². The Labute approximate surface area is 150 Å². The molecule has 136 valence electrons. The van der Waals surface area contributed by atoms with Crippen LogP contribution >= 0.6 is 0 Å². The zero-order valence-corrected chi connectivity index (χ0v) is 15.4. The smallest absolute Gasteiger partial charge is 0.190 e. The number of benzene rings is 1. The predicted molar refractivity (Wildman–Crippen MR) is 104 cm³/mol. The summed E-state index contributed by atoms with van der Waals surface area (Å²) < 4.78 is 5.65. The van der Waals surface area contributed by atoms with Crippen molar-refractivity contribution < 1.29 is 4.74 Å². The standard InChI is InChI=1S/C20H30N4O/c1-15-4-7-18-17(13-24-19(18)12-15)8-10-23-20(21-2)22-9-3-11-25-14-16-5-6-16/h4,7,12-13,16,24H,3,5-6,8-11,14H2,1-2H3,(H2,21,22,23). The Morgan fingerprint density at radius 3 is 2.92 bits per heavy atom. The maximum atomic E-state index is 5.65. The highest BCUT2D eigenvalue weighted by Crippen LogP contribution is 2.28. The first-order valence-corrected chi connectivity index (χ1v) is 9.35. The molecule has 1 heterocycles. The summed E-state index contributed by atoms with van der Waals surface area (Å²) in [4.78, 5) is 7.64. The first kappa shape index (κ1) is 17.8. The zero-order valence-electron chi connectivity index (χ0n) is 15.4. The molecule has 1 aromatic heterocycles. The lowest BCUT2D eigenvalue weighted by atomic mass is 10.1. The van der Waals surface area contributed by atoms with Crippen LogP contribution < -0.4 is 10.6 Å². The Bertz CT molecular complexity index is 703.